The Morgan fingerprint density at radius 3 is 1.59 bits per heavy atom. The first kappa shape index (κ1) is 21.7. The lowest BCUT2D eigenvalue weighted by atomic mass is 10.0. The van der Waals surface area contributed by atoms with Gasteiger partial charge >= 0.3 is 5.97 Å². The predicted octanol–water partition coefficient (Wildman–Crippen LogP) is 2.54. The lowest BCUT2D eigenvalue weighted by molar-refractivity contribution is -0.395. The molecule has 16 heteroatoms. The van der Waals surface area contributed by atoms with Crippen molar-refractivity contribution in [2.24, 2.45) is 5.16 Å². The van der Waals surface area contributed by atoms with E-state index in [1.165, 1.54) is 0 Å². The van der Waals surface area contributed by atoms with Crippen molar-refractivity contribution in [3.63, 3.8) is 0 Å². The van der Waals surface area contributed by atoms with Crippen molar-refractivity contribution in [2.45, 2.75) is 6.42 Å². The second-order valence-electron chi connectivity index (χ2n) is 6.22. The Morgan fingerprint density at radius 2 is 1.25 bits per heavy atom. The van der Waals surface area contributed by atoms with Crippen LogP contribution in [0.1, 0.15) is 17.5 Å². The minimum atomic E-state index is -1.24. The number of nitrogens with zero attached hydrogens (tertiary/aromatic N) is 5. The van der Waals surface area contributed by atoms with E-state index in [0.717, 1.165) is 12.1 Å². The molecule has 0 fully saturated rings. The van der Waals surface area contributed by atoms with E-state index in [1.807, 2.05) is 0 Å². The highest BCUT2D eigenvalue weighted by Crippen LogP contribution is 2.50. The lowest BCUT2D eigenvalue weighted by Crippen LogP contribution is -2.05. The van der Waals surface area contributed by atoms with Gasteiger partial charge in [-0.2, -0.15) is 0 Å². The fraction of sp³-hybridized carbons (Fsp3) is 0.125. The largest absolute Gasteiger partial charge is 0.481 e. The molecule has 0 unspecified atom stereocenters. The van der Waals surface area contributed by atoms with Crippen LogP contribution in [0.4, 0.5) is 22.7 Å². The average molecular weight is 447 g/mol. The Bertz CT molecular complexity index is 1170. The molecule has 0 aliphatic heterocycles. The number of nitro groups is 4. The van der Waals surface area contributed by atoms with Crippen LogP contribution in [-0.4, -0.2) is 43.1 Å². The molecule has 3 rings (SSSR count). The van der Waals surface area contributed by atoms with Crippen molar-refractivity contribution in [1.82, 2.24) is 0 Å². The Kier molecular flexibility index (Phi) is 5.43. The molecule has 0 spiro atoms. The van der Waals surface area contributed by atoms with Gasteiger partial charge in [-0.1, -0.05) is 5.16 Å². The molecule has 1 aliphatic rings. The fourth-order valence-electron chi connectivity index (χ4n) is 3.11. The summed E-state index contributed by atoms with van der Waals surface area (Å²) in [5.74, 6) is -1.24. The Hall–Kier alpha value is -5.02. The van der Waals surface area contributed by atoms with Crippen LogP contribution in [0.2, 0.25) is 0 Å². The third-order valence-corrected chi connectivity index (χ3v) is 4.34. The number of fused-ring (bicyclic) bond motifs is 3. The van der Waals surface area contributed by atoms with Gasteiger partial charge in [0.15, 0.2) is 0 Å². The minimum absolute atomic E-state index is 0.306. The number of carboxylic acids is 1. The van der Waals surface area contributed by atoms with Crippen LogP contribution < -0.4 is 0 Å². The number of non-ortho nitro benzene ring substituents is 2. The van der Waals surface area contributed by atoms with Gasteiger partial charge in [0.2, 0.25) is 0 Å². The molecule has 1 aliphatic carbocycles. The van der Waals surface area contributed by atoms with Crippen LogP contribution in [0.25, 0.3) is 11.1 Å². The topological polar surface area (TPSA) is 231 Å². The number of benzene rings is 2. The van der Waals surface area contributed by atoms with Crippen molar-refractivity contribution in [1.29, 1.82) is 0 Å². The summed E-state index contributed by atoms with van der Waals surface area (Å²) in [6, 6.07) is 2.92. The molecule has 164 valence electrons. The molecular weight excluding hydrogens is 438 g/mol. The van der Waals surface area contributed by atoms with E-state index >= 15 is 0 Å². The van der Waals surface area contributed by atoms with E-state index in [2.05, 4.69) is 5.16 Å². The first-order valence-electron chi connectivity index (χ1n) is 8.39. The fourth-order valence-corrected chi connectivity index (χ4v) is 3.11. The van der Waals surface area contributed by atoms with Crippen LogP contribution in [0.15, 0.2) is 29.4 Å². The molecule has 32 heavy (non-hydrogen) atoms. The monoisotopic (exact) mass is 447 g/mol. The molecule has 2 aromatic carbocycles. The van der Waals surface area contributed by atoms with Gasteiger partial charge < -0.3 is 9.94 Å². The quantitative estimate of drug-likeness (QED) is 0.299. The van der Waals surface area contributed by atoms with Crippen molar-refractivity contribution >= 4 is 34.4 Å². The van der Waals surface area contributed by atoms with Crippen LogP contribution in [-0.2, 0) is 9.63 Å². The number of carbonyl (C=O) groups is 1. The number of nitro benzene ring substituents is 4. The molecular formula is C16H9N5O11. The summed E-state index contributed by atoms with van der Waals surface area (Å²) in [5, 5.41) is 58.1. The minimum Gasteiger partial charge on any atom is -0.481 e. The first-order valence-corrected chi connectivity index (χ1v) is 8.39. The molecule has 0 atom stereocenters. The zero-order valence-corrected chi connectivity index (χ0v) is 15.5. The third kappa shape index (κ3) is 3.74. The van der Waals surface area contributed by atoms with Gasteiger partial charge in [-0.15, -0.1) is 0 Å². The molecule has 0 aromatic heterocycles. The maximum absolute atomic E-state index is 11.6. The molecule has 0 radical (unpaired) electrons. The summed E-state index contributed by atoms with van der Waals surface area (Å²) < 4.78 is 0. The van der Waals surface area contributed by atoms with Crippen LogP contribution >= 0.6 is 0 Å². The number of aliphatic carboxylic acids is 1. The summed E-state index contributed by atoms with van der Waals surface area (Å²) in [6.45, 7) is -0.475. The molecule has 0 amide bonds. The third-order valence-electron chi connectivity index (χ3n) is 4.34. The highest BCUT2D eigenvalue weighted by atomic mass is 16.6. The van der Waals surface area contributed by atoms with E-state index in [1.54, 1.807) is 0 Å². The summed E-state index contributed by atoms with van der Waals surface area (Å²) in [6.07, 6.45) is -0.499. The molecule has 2 aromatic rings. The number of carboxylic acid groups (broad SMARTS) is 1. The van der Waals surface area contributed by atoms with E-state index in [4.69, 9.17) is 9.94 Å². The Balaban J connectivity index is 2.39. The van der Waals surface area contributed by atoms with E-state index in [0.29, 0.717) is 12.1 Å². The van der Waals surface area contributed by atoms with Crippen molar-refractivity contribution in [3.8, 4) is 11.1 Å². The maximum atomic E-state index is 11.6. The zero-order chi connectivity index (χ0) is 23.7. The molecule has 0 bridgehead atoms. The molecule has 1 N–H and O–H groups in total. The first-order chi connectivity index (χ1) is 15.0. The van der Waals surface area contributed by atoms with Crippen LogP contribution in [0.5, 0.6) is 0 Å². The normalized spacial score (nSPS) is 11.3. The van der Waals surface area contributed by atoms with Gasteiger partial charge in [-0.25, -0.2) is 0 Å². The van der Waals surface area contributed by atoms with E-state index in [9.17, 15) is 45.3 Å². The molecule has 0 heterocycles. The average Bonchev–Trinajstić information content (AvgIpc) is 3.02. The SMILES string of the molecule is O=C(O)CCON=C1c2cc([N+](=O)[O-])cc([N+](=O)[O-])c2-c2c1cc([N+](=O)[O-])cc2[N+](=O)[O-]. The summed E-state index contributed by atoms with van der Waals surface area (Å²) in [5.41, 5.74) is -5.00. The van der Waals surface area contributed by atoms with Gasteiger partial charge in [0.1, 0.15) is 12.3 Å². The van der Waals surface area contributed by atoms with Crippen molar-refractivity contribution in [3.05, 3.63) is 75.8 Å². The van der Waals surface area contributed by atoms with Crippen molar-refractivity contribution in [2.75, 3.05) is 6.61 Å². The van der Waals surface area contributed by atoms with Gasteiger partial charge in [0, 0.05) is 23.3 Å². The number of oxime groups is 1. The highest BCUT2D eigenvalue weighted by molar-refractivity contribution is 6.27. The number of hydrogen-bond donors (Lipinski definition) is 1. The van der Waals surface area contributed by atoms with Crippen LogP contribution in [0, 0.1) is 40.5 Å². The standard InChI is InChI=1S/C16H9N5O11/c22-13(23)1-2-32-17-16-9-3-7(18(24)25)5-11(20(28)29)14(9)15-10(16)4-8(19(26)27)6-12(15)21(30)31/h3-6H,1-2H2,(H,22,23). The van der Waals surface area contributed by atoms with Gasteiger partial charge in [-0.3, -0.25) is 45.3 Å². The summed E-state index contributed by atoms with van der Waals surface area (Å²) >= 11 is 0. The zero-order valence-electron chi connectivity index (χ0n) is 15.5. The second kappa shape index (κ2) is 8.01. The summed E-state index contributed by atoms with van der Waals surface area (Å²) in [7, 11) is 0. The van der Waals surface area contributed by atoms with Gasteiger partial charge in [0.05, 0.1) is 49.4 Å². The maximum Gasteiger partial charge on any atom is 0.306 e. The lowest BCUT2D eigenvalue weighted by Gasteiger charge is -2.03. The molecule has 0 saturated carbocycles. The van der Waals surface area contributed by atoms with Gasteiger partial charge in [0.25, 0.3) is 22.7 Å². The Labute approximate surface area is 174 Å². The highest BCUT2D eigenvalue weighted by Gasteiger charge is 2.41. The van der Waals surface area contributed by atoms with E-state index in [-0.39, 0.29) is 16.8 Å². The van der Waals surface area contributed by atoms with E-state index < -0.39 is 72.6 Å². The number of rotatable bonds is 8. The number of hydrogen-bond acceptors (Lipinski definition) is 11. The Morgan fingerprint density at radius 1 is 0.812 bits per heavy atom. The summed E-state index contributed by atoms with van der Waals surface area (Å²) in [4.78, 5) is 57.4. The van der Waals surface area contributed by atoms with Crippen molar-refractivity contribution < 1.29 is 34.4 Å². The van der Waals surface area contributed by atoms with Crippen LogP contribution in [0.3, 0.4) is 0 Å². The smallest absolute Gasteiger partial charge is 0.306 e. The predicted molar refractivity (Wildman–Crippen MR) is 102 cm³/mol. The molecule has 16 nitrogen and oxygen atoms in total. The second-order valence-corrected chi connectivity index (χ2v) is 6.22. The molecule has 0 saturated heterocycles. The van der Waals surface area contributed by atoms with Gasteiger partial charge in [-0.05, 0) is 0 Å².